The maximum atomic E-state index is 15.1. The molecule has 0 bridgehead atoms. The first kappa shape index (κ1) is 30.0. The minimum Gasteiger partial charge on any atom is -0.483 e. The molecule has 1 N–H and O–H groups in total. The van der Waals surface area contributed by atoms with Crippen LogP contribution in [0.15, 0.2) is 126 Å². The van der Waals surface area contributed by atoms with Crippen LogP contribution >= 0.6 is 0 Å². The molecule has 1 aliphatic heterocycles. The van der Waals surface area contributed by atoms with Gasteiger partial charge in [0.15, 0.2) is 11.4 Å². The number of rotatable bonds is 10. The van der Waals surface area contributed by atoms with Crippen molar-refractivity contribution in [1.82, 2.24) is 14.7 Å². The fraction of sp³-hybridized carbons (Fsp3) is 0.216. The summed E-state index contributed by atoms with van der Waals surface area (Å²) in [7, 11) is 0. The summed E-state index contributed by atoms with van der Waals surface area (Å²) in [6.45, 7) is 0.790. The Kier molecular flexibility index (Phi) is 9.12. The number of hydrogen-bond acceptors (Lipinski definition) is 5. The fourth-order valence-electron chi connectivity index (χ4n) is 6.05. The smallest absolute Gasteiger partial charge is 0.278 e. The van der Waals surface area contributed by atoms with Crippen molar-refractivity contribution < 1.29 is 19.0 Å². The zero-order valence-corrected chi connectivity index (χ0v) is 24.7. The Bertz CT molecular complexity index is 1800. The molecule has 7 nitrogen and oxygen atoms in total. The van der Waals surface area contributed by atoms with E-state index in [1.165, 1.54) is 21.8 Å². The van der Waals surface area contributed by atoms with Crippen LogP contribution in [0.4, 0.5) is 4.39 Å². The molecule has 45 heavy (non-hydrogen) atoms. The summed E-state index contributed by atoms with van der Waals surface area (Å²) in [6.07, 6.45) is 1.50. The van der Waals surface area contributed by atoms with E-state index in [0.717, 1.165) is 16.7 Å². The quantitative estimate of drug-likeness (QED) is 0.218. The molecule has 0 aliphatic carbocycles. The van der Waals surface area contributed by atoms with Crippen molar-refractivity contribution in [3.05, 3.63) is 165 Å². The summed E-state index contributed by atoms with van der Waals surface area (Å²) < 4.78 is 22.7. The second-order valence-electron chi connectivity index (χ2n) is 11.2. The largest absolute Gasteiger partial charge is 0.483 e. The molecular weight excluding hydrogens is 569 g/mol. The Balaban J connectivity index is 1.34. The fourth-order valence-corrected chi connectivity index (χ4v) is 6.05. The number of aromatic nitrogens is 2. The van der Waals surface area contributed by atoms with Crippen molar-refractivity contribution in [3.63, 3.8) is 0 Å². The predicted molar refractivity (Wildman–Crippen MR) is 170 cm³/mol. The molecular formula is C37H34FN3O4. The van der Waals surface area contributed by atoms with Gasteiger partial charge in [0.2, 0.25) is 0 Å². The third kappa shape index (κ3) is 6.71. The van der Waals surface area contributed by atoms with Crippen molar-refractivity contribution in [2.45, 2.75) is 44.1 Å². The van der Waals surface area contributed by atoms with Crippen LogP contribution in [0.2, 0.25) is 0 Å². The Hall–Kier alpha value is -5.08. The molecule has 8 heteroatoms. The lowest BCUT2D eigenvalue weighted by Gasteiger charge is -2.34. The van der Waals surface area contributed by atoms with Crippen LogP contribution in [0.1, 0.15) is 51.5 Å². The zero-order chi connectivity index (χ0) is 31.2. The molecule has 2 unspecified atom stereocenters. The van der Waals surface area contributed by atoms with Gasteiger partial charge in [0.25, 0.3) is 11.3 Å². The number of carbonyl (C=O) groups is 1. The second kappa shape index (κ2) is 13.7. The van der Waals surface area contributed by atoms with Crippen molar-refractivity contribution >= 4 is 5.91 Å². The van der Waals surface area contributed by atoms with Gasteiger partial charge in [-0.2, -0.15) is 5.10 Å². The monoisotopic (exact) mass is 603 g/mol. The summed E-state index contributed by atoms with van der Waals surface area (Å²) in [4.78, 5) is 29.4. The Morgan fingerprint density at radius 2 is 1.51 bits per heavy atom. The minimum atomic E-state index is -1.14. The molecule has 3 atom stereocenters. The maximum Gasteiger partial charge on any atom is 0.278 e. The van der Waals surface area contributed by atoms with E-state index in [-0.39, 0.29) is 18.1 Å². The molecule has 1 aromatic heterocycles. The highest BCUT2D eigenvalue weighted by Gasteiger charge is 2.41. The average Bonchev–Trinajstić information content (AvgIpc) is 3.57. The van der Waals surface area contributed by atoms with Crippen LogP contribution in [0, 0.1) is 5.82 Å². The second-order valence-corrected chi connectivity index (χ2v) is 11.2. The number of aliphatic hydroxyl groups excluding tert-OH is 1. The Labute approximate surface area is 261 Å². The number of aliphatic hydroxyl groups is 1. The molecule has 1 saturated heterocycles. The van der Waals surface area contributed by atoms with Crippen LogP contribution in [-0.4, -0.2) is 44.4 Å². The molecule has 5 aromatic rings. The highest BCUT2D eigenvalue weighted by atomic mass is 19.1. The number of benzene rings is 4. The van der Waals surface area contributed by atoms with Gasteiger partial charge < -0.3 is 14.7 Å². The Morgan fingerprint density at radius 3 is 2.20 bits per heavy atom. The van der Waals surface area contributed by atoms with Gasteiger partial charge in [-0.15, -0.1) is 0 Å². The van der Waals surface area contributed by atoms with Crippen LogP contribution in [0.3, 0.4) is 0 Å². The molecule has 228 valence electrons. The van der Waals surface area contributed by atoms with Gasteiger partial charge in [-0.25, -0.2) is 4.39 Å². The highest BCUT2D eigenvalue weighted by Crippen LogP contribution is 2.36. The number of amides is 1. The summed E-state index contributed by atoms with van der Waals surface area (Å²) in [5, 5.41) is 16.4. The zero-order valence-electron chi connectivity index (χ0n) is 24.7. The number of hydrogen-bond donors (Lipinski definition) is 1. The standard InChI is InChI=1S/C37H34FN3O4/c38-30-20-11-10-19-29(30)33(28-17-8-3-9-18-28)35(42)31-21-12-22-41(31)37(44)34-36(43)32(45-25-27-15-6-2-7-16-27)24-40(39-34)23-26-13-4-1-5-14-26/h1-11,13-20,24,31,33,35,42H,12,21-23,25H2/t31-,33?,35?/m1/s1. The van der Waals surface area contributed by atoms with Gasteiger partial charge >= 0.3 is 0 Å². The number of likely N-dealkylation sites (tertiary alicyclic amines) is 1. The van der Waals surface area contributed by atoms with Crippen molar-refractivity contribution in [3.8, 4) is 5.75 Å². The van der Waals surface area contributed by atoms with Gasteiger partial charge in [0.05, 0.1) is 24.9 Å². The lowest BCUT2D eigenvalue weighted by atomic mass is 9.82. The third-order valence-corrected chi connectivity index (χ3v) is 8.26. The van der Waals surface area contributed by atoms with E-state index >= 15 is 4.39 Å². The number of halogens is 1. The first-order valence-corrected chi connectivity index (χ1v) is 15.1. The predicted octanol–water partition coefficient (Wildman–Crippen LogP) is 5.81. The maximum absolute atomic E-state index is 15.1. The van der Waals surface area contributed by atoms with E-state index in [4.69, 9.17) is 4.74 Å². The molecule has 0 spiro atoms. The van der Waals surface area contributed by atoms with Gasteiger partial charge in [-0.05, 0) is 41.2 Å². The molecule has 0 radical (unpaired) electrons. The molecule has 4 aromatic carbocycles. The summed E-state index contributed by atoms with van der Waals surface area (Å²) >= 11 is 0. The molecule has 0 saturated carbocycles. The van der Waals surface area contributed by atoms with Gasteiger partial charge in [-0.3, -0.25) is 14.3 Å². The number of nitrogens with zero attached hydrogens (tertiary/aromatic N) is 3. The third-order valence-electron chi connectivity index (χ3n) is 8.26. The van der Waals surface area contributed by atoms with Crippen LogP contribution < -0.4 is 10.2 Å². The van der Waals surface area contributed by atoms with E-state index in [9.17, 15) is 14.7 Å². The number of carbonyl (C=O) groups excluding carboxylic acids is 1. The van der Waals surface area contributed by atoms with E-state index in [2.05, 4.69) is 5.10 Å². The highest BCUT2D eigenvalue weighted by molar-refractivity contribution is 5.93. The molecule has 2 heterocycles. The van der Waals surface area contributed by atoms with Crippen molar-refractivity contribution in [1.29, 1.82) is 0 Å². The average molecular weight is 604 g/mol. The summed E-state index contributed by atoms with van der Waals surface area (Å²) in [5.41, 5.74) is 1.99. The molecule has 1 amide bonds. The first-order chi connectivity index (χ1) is 22.0. The van der Waals surface area contributed by atoms with E-state index in [0.29, 0.717) is 31.5 Å². The minimum absolute atomic E-state index is 0.0120. The van der Waals surface area contributed by atoms with Crippen molar-refractivity contribution in [2.24, 2.45) is 0 Å². The van der Waals surface area contributed by atoms with Crippen LogP contribution in [0.25, 0.3) is 0 Å². The lowest BCUT2D eigenvalue weighted by molar-refractivity contribution is 0.0426. The molecule has 6 rings (SSSR count). The van der Waals surface area contributed by atoms with Gasteiger partial charge in [-0.1, -0.05) is 109 Å². The van der Waals surface area contributed by atoms with Gasteiger partial charge in [0, 0.05) is 12.5 Å². The van der Waals surface area contributed by atoms with Crippen molar-refractivity contribution in [2.75, 3.05) is 6.54 Å². The Morgan fingerprint density at radius 1 is 0.889 bits per heavy atom. The van der Waals surface area contributed by atoms with Gasteiger partial charge in [0.1, 0.15) is 12.4 Å². The first-order valence-electron chi connectivity index (χ1n) is 15.1. The van der Waals surface area contributed by atoms with Crippen LogP contribution in [-0.2, 0) is 13.2 Å². The van der Waals surface area contributed by atoms with E-state index in [1.807, 2.05) is 91.0 Å². The number of ether oxygens (including phenoxy) is 1. The normalized spacial score (nSPS) is 15.9. The summed E-state index contributed by atoms with van der Waals surface area (Å²) in [5.74, 6) is -1.74. The van der Waals surface area contributed by atoms with Crippen LogP contribution in [0.5, 0.6) is 5.75 Å². The van der Waals surface area contributed by atoms with E-state index in [1.54, 1.807) is 18.2 Å². The lowest BCUT2D eigenvalue weighted by Crippen LogP contribution is -2.47. The molecule has 1 fully saturated rings. The van der Waals surface area contributed by atoms with E-state index < -0.39 is 35.2 Å². The molecule has 1 aliphatic rings. The SMILES string of the molecule is O=C(c1nn(Cc2ccccc2)cc(OCc2ccccc2)c1=O)N1CCC[C@@H]1C(O)C(c1ccccc1)c1ccccc1F. The topological polar surface area (TPSA) is 84.7 Å². The summed E-state index contributed by atoms with van der Waals surface area (Å²) in [6, 6.07) is 34.0.